The van der Waals surface area contributed by atoms with Gasteiger partial charge in [0.05, 0.1) is 5.60 Å². The predicted molar refractivity (Wildman–Crippen MR) is 73.0 cm³/mol. The Bertz CT molecular complexity index is 191. The SMILES string of the molecule is CC1CCCC(NCCSCC(C)(C)O)C1. The highest BCUT2D eigenvalue weighted by Gasteiger charge is 2.18. The van der Waals surface area contributed by atoms with E-state index < -0.39 is 5.60 Å². The zero-order chi connectivity index (χ0) is 12.0. The largest absolute Gasteiger partial charge is 0.390 e. The Morgan fingerprint density at radius 3 is 2.75 bits per heavy atom. The Labute approximate surface area is 105 Å². The maximum atomic E-state index is 9.56. The summed E-state index contributed by atoms with van der Waals surface area (Å²) in [6, 6.07) is 0.742. The van der Waals surface area contributed by atoms with Crippen molar-refractivity contribution in [3.05, 3.63) is 0 Å². The minimum Gasteiger partial charge on any atom is -0.390 e. The van der Waals surface area contributed by atoms with Gasteiger partial charge in [0, 0.05) is 24.1 Å². The molecule has 1 aliphatic carbocycles. The van der Waals surface area contributed by atoms with E-state index in [1.54, 1.807) is 0 Å². The first-order valence-corrected chi connectivity index (χ1v) is 7.66. The standard InChI is InChI=1S/C13H27NOS/c1-11-5-4-6-12(9-11)14-7-8-16-10-13(2,3)15/h11-12,14-15H,4-10H2,1-3H3. The van der Waals surface area contributed by atoms with Crippen LogP contribution >= 0.6 is 11.8 Å². The summed E-state index contributed by atoms with van der Waals surface area (Å²) in [4.78, 5) is 0. The lowest BCUT2D eigenvalue weighted by molar-refractivity contribution is 0.107. The molecule has 2 nitrogen and oxygen atoms in total. The number of aliphatic hydroxyl groups is 1. The van der Waals surface area contributed by atoms with Gasteiger partial charge in [0.2, 0.25) is 0 Å². The van der Waals surface area contributed by atoms with Gasteiger partial charge in [-0.05, 0) is 32.6 Å². The molecular weight excluding hydrogens is 218 g/mol. The Morgan fingerprint density at radius 2 is 2.12 bits per heavy atom. The molecule has 96 valence electrons. The van der Waals surface area contributed by atoms with E-state index in [2.05, 4.69) is 12.2 Å². The van der Waals surface area contributed by atoms with Gasteiger partial charge in [-0.1, -0.05) is 19.8 Å². The van der Waals surface area contributed by atoms with Crippen LogP contribution < -0.4 is 5.32 Å². The molecule has 0 heterocycles. The molecule has 0 aromatic carbocycles. The second kappa shape index (κ2) is 6.87. The van der Waals surface area contributed by atoms with Crippen molar-refractivity contribution >= 4 is 11.8 Å². The van der Waals surface area contributed by atoms with Crippen LogP contribution in [0.3, 0.4) is 0 Å². The van der Waals surface area contributed by atoms with E-state index in [0.29, 0.717) is 0 Å². The van der Waals surface area contributed by atoms with Crippen LogP contribution in [-0.4, -0.2) is 34.8 Å². The first-order valence-electron chi connectivity index (χ1n) is 6.51. The minimum absolute atomic E-state index is 0.524. The van der Waals surface area contributed by atoms with Crippen molar-refractivity contribution in [2.45, 2.75) is 58.1 Å². The van der Waals surface area contributed by atoms with Gasteiger partial charge in [0.25, 0.3) is 0 Å². The Morgan fingerprint density at radius 1 is 1.38 bits per heavy atom. The predicted octanol–water partition coefficient (Wildman–Crippen LogP) is 2.66. The van der Waals surface area contributed by atoms with Crippen molar-refractivity contribution in [3.8, 4) is 0 Å². The van der Waals surface area contributed by atoms with Gasteiger partial charge in [-0.2, -0.15) is 11.8 Å². The zero-order valence-electron chi connectivity index (χ0n) is 11.0. The normalized spacial score (nSPS) is 27.0. The van der Waals surface area contributed by atoms with Gasteiger partial charge in [-0.25, -0.2) is 0 Å². The van der Waals surface area contributed by atoms with E-state index in [0.717, 1.165) is 30.0 Å². The molecule has 0 amide bonds. The summed E-state index contributed by atoms with van der Waals surface area (Å²) in [5.41, 5.74) is -0.524. The van der Waals surface area contributed by atoms with Crippen molar-refractivity contribution in [2.75, 3.05) is 18.1 Å². The van der Waals surface area contributed by atoms with Crippen LogP contribution in [0.1, 0.15) is 46.5 Å². The average molecular weight is 245 g/mol. The smallest absolute Gasteiger partial charge is 0.0681 e. The van der Waals surface area contributed by atoms with Gasteiger partial charge in [0.15, 0.2) is 0 Å². The molecule has 1 aliphatic rings. The fourth-order valence-corrected chi connectivity index (χ4v) is 3.18. The Balaban J connectivity index is 1.98. The summed E-state index contributed by atoms with van der Waals surface area (Å²) in [5.74, 6) is 2.83. The fourth-order valence-electron chi connectivity index (χ4n) is 2.28. The summed E-state index contributed by atoms with van der Waals surface area (Å²) in [7, 11) is 0. The number of thioether (sulfide) groups is 1. The van der Waals surface area contributed by atoms with Crippen LogP contribution in [-0.2, 0) is 0 Å². The lowest BCUT2D eigenvalue weighted by Crippen LogP contribution is -2.35. The van der Waals surface area contributed by atoms with Crippen molar-refractivity contribution in [2.24, 2.45) is 5.92 Å². The molecule has 0 saturated heterocycles. The van der Waals surface area contributed by atoms with Crippen LogP contribution in [0.25, 0.3) is 0 Å². The van der Waals surface area contributed by atoms with Gasteiger partial charge < -0.3 is 10.4 Å². The lowest BCUT2D eigenvalue weighted by Gasteiger charge is -2.27. The molecule has 0 aliphatic heterocycles. The molecule has 1 rings (SSSR count). The highest BCUT2D eigenvalue weighted by molar-refractivity contribution is 7.99. The van der Waals surface area contributed by atoms with Crippen molar-refractivity contribution in [3.63, 3.8) is 0 Å². The van der Waals surface area contributed by atoms with Crippen LogP contribution in [0.4, 0.5) is 0 Å². The summed E-state index contributed by atoms with van der Waals surface area (Å²) in [5, 5.41) is 13.2. The summed E-state index contributed by atoms with van der Waals surface area (Å²) < 4.78 is 0. The van der Waals surface area contributed by atoms with Crippen LogP contribution in [0.5, 0.6) is 0 Å². The molecule has 0 aromatic rings. The number of hydrogen-bond donors (Lipinski definition) is 2. The molecule has 2 N–H and O–H groups in total. The van der Waals surface area contributed by atoms with E-state index in [-0.39, 0.29) is 0 Å². The Hall–Kier alpha value is 0.270. The third-order valence-corrected chi connectivity index (χ3v) is 4.47. The van der Waals surface area contributed by atoms with Gasteiger partial charge in [0.1, 0.15) is 0 Å². The second-order valence-corrected chi connectivity index (χ2v) is 6.89. The van der Waals surface area contributed by atoms with E-state index in [1.165, 1.54) is 25.7 Å². The van der Waals surface area contributed by atoms with Gasteiger partial charge >= 0.3 is 0 Å². The summed E-state index contributed by atoms with van der Waals surface area (Å²) in [6.45, 7) is 7.18. The summed E-state index contributed by atoms with van der Waals surface area (Å²) in [6.07, 6.45) is 5.48. The molecule has 2 unspecified atom stereocenters. The molecule has 0 bridgehead atoms. The quantitative estimate of drug-likeness (QED) is 0.706. The molecule has 0 radical (unpaired) electrons. The van der Waals surface area contributed by atoms with Gasteiger partial charge in [-0.15, -0.1) is 0 Å². The maximum absolute atomic E-state index is 9.56. The number of nitrogens with one attached hydrogen (secondary N) is 1. The van der Waals surface area contributed by atoms with Crippen LogP contribution in [0.15, 0.2) is 0 Å². The lowest BCUT2D eigenvalue weighted by atomic mass is 9.87. The maximum Gasteiger partial charge on any atom is 0.0681 e. The minimum atomic E-state index is -0.524. The first-order chi connectivity index (χ1) is 7.47. The number of rotatable bonds is 6. The topological polar surface area (TPSA) is 32.3 Å². The fraction of sp³-hybridized carbons (Fsp3) is 1.00. The molecule has 2 atom stereocenters. The van der Waals surface area contributed by atoms with Crippen LogP contribution in [0, 0.1) is 5.92 Å². The second-order valence-electron chi connectivity index (χ2n) is 5.79. The molecule has 16 heavy (non-hydrogen) atoms. The van der Waals surface area contributed by atoms with Crippen LogP contribution in [0.2, 0.25) is 0 Å². The highest BCUT2D eigenvalue weighted by atomic mass is 32.2. The van der Waals surface area contributed by atoms with Gasteiger partial charge in [-0.3, -0.25) is 0 Å². The average Bonchev–Trinajstić information content (AvgIpc) is 2.15. The highest BCUT2D eigenvalue weighted by Crippen LogP contribution is 2.23. The molecular formula is C13H27NOS. The van der Waals surface area contributed by atoms with E-state index in [4.69, 9.17) is 0 Å². The monoisotopic (exact) mass is 245 g/mol. The zero-order valence-corrected chi connectivity index (χ0v) is 11.8. The molecule has 0 spiro atoms. The molecule has 0 aromatic heterocycles. The molecule has 1 saturated carbocycles. The van der Waals surface area contributed by atoms with E-state index in [1.807, 2.05) is 25.6 Å². The third-order valence-electron chi connectivity index (χ3n) is 3.07. The van der Waals surface area contributed by atoms with Crippen molar-refractivity contribution in [1.29, 1.82) is 0 Å². The first kappa shape index (κ1) is 14.3. The Kier molecular flexibility index (Phi) is 6.16. The summed E-state index contributed by atoms with van der Waals surface area (Å²) >= 11 is 1.84. The van der Waals surface area contributed by atoms with E-state index in [9.17, 15) is 5.11 Å². The van der Waals surface area contributed by atoms with E-state index >= 15 is 0 Å². The van der Waals surface area contributed by atoms with Crippen molar-refractivity contribution < 1.29 is 5.11 Å². The number of hydrogen-bond acceptors (Lipinski definition) is 3. The van der Waals surface area contributed by atoms with Crippen molar-refractivity contribution in [1.82, 2.24) is 5.32 Å². The molecule has 1 fully saturated rings. The third kappa shape index (κ3) is 6.77. The molecule has 3 heteroatoms.